The van der Waals surface area contributed by atoms with Crippen LogP contribution in [0.3, 0.4) is 0 Å². The van der Waals surface area contributed by atoms with Gasteiger partial charge >= 0.3 is 5.97 Å². The first kappa shape index (κ1) is 16.8. The van der Waals surface area contributed by atoms with Crippen LogP contribution in [0, 0.1) is 5.82 Å². The minimum atomic E-state index is -0.316. The number of esters is 1. The van der Waals surface area contributed by atoms with Crippen molar-refractivity contribution in [2.45, 2.75) is 31.8 Å². The van der Waals surface area contributed by atoms with Crippen LogP contribution in [0.5, 0.6) is 0 Å². The van der Waals surface area contributed by atoms with E-state index in [0.717, 1.165) is 35.7 Å². The molecule has 0 spiro atoms. The van der Waals surface area contributed by atoms with E-state index in [0.29, 0.717) is 12.1 Å². The summed E-state index contributed by atoms with van der Waals surface area (Å²) in [6.45, 7) is 0.688. The Labute approximate surface area is 151 Å². The fourth-order valence-corrected chi connectivity index (χ4v) is 3.75. The first-order chi connectivity index (χ1) is 12.7. The Hall–Kier alpha value is -2.66. The largest absolute Gasteiger partial charge is 0.465 e. The summed E-state index contributed by atoms with van der Waals surface area (Å²) in [6, 6.07) is 12.5. The van der Waals surface area contributed by atoms with Crippen molar-refractivity contribution in [2.24, 2.45) is 0 Å². The number of ether oxygens (including phenoxy) is 1. The van der Waals surface area contributed by atoms with Crippen molar-refractivity contribution in [3.8, 4) is 0 Å². The second kappa shape index (κ2) is 6.92. The van der Waals surface area contributed by atoms with E-state index in [1.807, 2.05) is 12.1 Å². The Bertz CT molecular complexity index is 947. The lowest BCUT2D eigenvalue weighted by atomic mass is 9.91. The van der Waals surface area contributed by atoms with Crippen molar-refractivity contribution in [3.05, 3.63) is 70.7 Å². The summed E-state index contributed by atoms with van der Waals surface area (Å²) in [5, 5.41) is 4.67. The zero-order valence-corrected chi connectivity index (χ0v) is 14.6. The van der Waals surface area contributed by atoms with Gasteiger partial charge in [-0.2, -0.15) is 0 Å². The van der Waals surface area contributed by atoms with Gasteiger partial charge in [0.1, 0.15) is 5.82 Å². The fraction of sp³-hybridized carbons (Fsp3) is 0.286. The molecule has 4 nitrogen and oxygen atoms in total. The number of rotatable bonds is 4. The van der Waals surface area contributed by atoms with Crippen LogP contribution in [0.4, 0.5) is 4.39 Å². The highest BCUT2D eigenvalue weighted by Crippen LogP contribution is 2.35. The summed E-state index contributed by atoms with van der Waals surface area (Å²) >= 11 is 0. The zero-order chi connectivity index (χ0) is 18.1. The van der Waals surface area contributed by atoms with E-state index in [9.17, 15) is 9.18 Å². The molecule has 0 saturated heterocycles. The third-order valence-corrected chi connectivity index (χ3v) is 5.09. The van der Waals surface area contributed by atoms with Gasteiger partial charge in [0, 0.05) is 29.2 Å². The predicted molar refractivity (Wildman–Crippen MR) is 98.6 cm³/mol. The minimum Gasteiger partial charge on any atom is -0.465 e. The lowest BCUT2D eigenvalue weighted by molar-refractivity contribution is 0.0601. The molecule has 1 unspecified atom stereocenters. The number of carbonyl (C=O) groups is 1. The van der Waals surface area contributed by atoms with E-state index < -0.39 is 0 Å². The van der Waals surface area contributed by atoms with Crippen LogP contribution in [0.1, 0.15) is 46.1 Å². The highest BCUT2D eigenvalue weighted by Gasteiger charge is 2.24. The molecule has 1 aliphatic rings. The lowest BCUT2D eigenvalue weighted by Crippen LogP contribution is -2.24. The number of hydrogen-bond donors (Lipinski definition) is 2. The number of nitrogens with one attached hydrogen (secondary N) is 2. The topological polar surface area (TPSA) is 54.1 Å². The highest BCUT2D eigenvalue weighted by molar-refractivity contribution is 5.96. The lowest BCUT2D eigenvalue weighted by Gasteiger charge is -2.24. The molecule has 26 heavy (non-hydrogen) atoms. The molecule has 2 aromatic carbocycles. The summed E-state index contributed by atoms with van der Waals surface area (Å²) in [5.41, 5.74) is 5.13. The number of benzene rings is 2. The second-order valence-corrected chi connectivity index (χ2v) is 6.72. The molecule has 0 bridgehead atoms. The van der Waals surface area contributed by atoms with Crippen molar-refractivity contribution < 1.29 is 13.9 Å². The van der Waals surface area contributed by atoms with Gasteiger partial charge in [0.2, 0.25) is 0 Å². The molecule has 134 valence electrons. The maximum absolute atomic E-state index is 13.1. The second-order valence-electron chi connectivity index (χ2n) is 6.72. The number of aromatic nitrogens is 1. The summed E-state index contributed by atoms with van der Waals surface area (Å²) in [5.74, 6) is -0.533. The van der Waals surface area contributed by atoms with Gasteiger partial charge in [-0.15, -0.1) is 0 Å². The Balaban J connectivity index is 1.61. The summed E-state index contributed by atoms with van der Waals surface area (Å²) < 4.78 is 17.9. The molecule has 0 saturated carbocycles. The van der Waals surface area contributed by atoms with E-state index in [1.54, 1.807) is 18.2 Å². The smallest absolute Gasteiger partial charge is 0.337 e. The van der Waals surface area contributed by atoms with E-state index in [-0.39, 0.29) is 17.8 Å². The molecule has 5 heteroatoms. The van der Waals surface area contributed by atoms with Gasteiger partial charge in [-0.3, -0.25) is 0 Å². The van der Waals surface area contributed by atoms with Crippen molar-refractivity contribution in [1.82, 2.24) is 10.3 Å². The molecule has 4 rings (SSSR count). The van der Waals surface area contributed by atoms with Gasteiger partial charge < -0.3 is 15.0 Å². The fourth-order valence-electron chi connectivity index (χ4n) is 3.75. The van der Waals surface area contributed by atoms with Crippen LogP contribution in [0.2, 0.25) is 0 Å². The zero-order valence-electron chi connectivity index (χ0n) is 14.6. The molecular formula is C21H21FN2O2. The van der Waals surface area contributed by atoms with Crippen LogP contribution < -0.4 is 5.32 Å². The Morgan fingerprint density at radius 3 is 2.85 bits per heavy atom. The average Bonchev–Trinajstić information content (AvgIpc) is 3.05. The SMILES string of the molecule is COC(=O)c1ccc2[nH]c3c(c2c1)CCCC3NCc1ccc(F)cc1. The molecule has 1 aliphatic carbocycles. The third kappa shape index (κ3) is 3.10. The maximum atomic E-state index is 13.1. The van der Waals surface area contributed by atoms with Crippen LogP contribution >= 0.6 is 0 Å². The Morgan fingerprint density at radius 1 is 1.27 bits per heavy atom. The molecular weight excluding hydrogens is 331 g/mol. The third-order valence-electron chi connectivity index (χ3n) is 5.09. The molecule has 0 radical (unpaired) electrons. The molecule has 0 amide bonds. The predicted octanol–water partition coefficient (Wildman–Crippen LogP) is 4.26. The molecule has 1 aromatic heterocycles. The Morgan fingerprint density at radius 2 is 2.08 bits per heavy atom. The van der Waals surface area contributed by atoms with E-state index in [1.165, 1.54) is 30.5 Å². The van der Waals surface area contributed by atoms with Crippen LogP contribution in [-0.4, -0.2) is 18.1 Å². The highest BCUT2D eigenvalue weighted by atomic mass is 19.1. The van der Waals surface area contributed by atoms with Crippen molar-refractivity contribution in [3.63, 3.8) is 0 Å². The molecule has 2 N–H and O–H groups in total. The quantitative estimate of drug-likeness (QED) is 0.690. The normalized spacial score (nSPS) is 16.5. The van der Waals surface area contributed by atoms with Crippen LogP contribution in [0.15, 0.2) is 42.5 Å². The molecule has 0 fully saturated rings. The number of halogens is 1. The summed E-state index contributed by atoms with van der Waals surface area (Å²) in [6.07, 6.45) is 3.13. The van der Waals surface area contributed by atoms with Crippen molar-refractivity contribution >= 4 is 16.9 Å². The number of aromatic amines is 1. The number of hydrogen-bond acceptors (Lipinski definition) is 3. The number of H-pyrrole nitrogens is 1. The first-order valence-electron chi connectivity index (χ1n) is 8.86. The van der Waals surface area contributed by atoms with Crippen molar-refractivity contribution in [1.29, 1.82) is 0 Å². The average molecular weight is 352 g/mol. The minimum absolute atomic E-state index is 0.217. The first-order valence-corrected chi connectivity index (χ1v) is 8.86. The van der Waals surface area contributed by atoms with Gasteiger partial charge in [0.05, 0.1) is 12.7 Å². The maximum Gasteiger partial charge on any atom is 0.337 e. The number of methoxy groups -OCH3 is 1. The van der Waals surface area contributed by atoms with Gasteiger partial charge in [-0.25, -0.2) is 9.18 Å². The summed E-state index contributed by atoms with van der Waals surface area (Å²) in [7, 11) is 1.40. The van der Waals surface area contributed by atoms with Gasteiger partial charge in [0.25, 0.3) is 0 Å². The monoisotopic (exact) mass is 352 g/mol. The van der Waals surface area contributed by atoms with Gasteiger partial charge in [-0.1, -0.05) is 12.1 Å². The summed E-state index contributed by atoms with van der Waals surface area (Å²) in [4.78, 5) is 15.3. The standard InChI is InChI=1S/C21H21FN2O2/c1-26-21(25)14-7-10-18-17(11-14)16-3-2-4-19(20(16)24-18)23-12-13-5-8-15(22)9-6-13/h5-11,19,23-24H,2-4,12H2,1H3. The van der Waals surface area contributed by atoms with Crippen LogP contribution in [-0.2, 0) is 17.7 Å². The van der Waals surface area contributed by atoms with E-state index >= 15 is 0 Å². The molecule has 1 heterocycles. The van der Waals surface area contributed by atoms with Gasteiger partial charge in [0.15, 0.2) is 0 Å². The van der Waals surface area contributed by atoms with Gasteiger partial charge in [-0.05, 0) is 60.7 Å². The number of fused-ring (bicyclic) bond motifs is 3. The molecule has 1 atom stereocenters. The molecule has 3 aromatic rings. The van der Waals surface area contributed by atoms with E-state index in [2.05, 4.69) is 10.3 Å². The number of carbonyl (C=O) groups excluding carboxylic acids is 1. The van der Waals surface area contributed by atoms with E-state index in [4.69, 9.17) is 4.74 Å². The molecule has 0 aliphatic heterocycles. The van der Waals surface area contributed by atoms with Crippen molar-refractivity contribution in [2.75, 3.05) is 7.11 Å². The number of aryl methyl sites for hydroxylation is 1. The van der Waals surface area contributed by atoms with Crippen LogP contribution in [0.25, 0.3) is 10.9 Å². The Kier molecular flexibility index (Phi) is 4.47.